The van der Waals surface area contributed by atoms with Gasteiger partial charge < -0.3 is 10.6 Å². The summed E-state index contributed by atoms with van der Waals surface area (Å²) in [5.74, 6) is 2.10. The zero-order valence-corrected chi connectivity index (χ0v) is 12.6. The van der Waals surface area contributed by atoms with Gasteiger partial charge in [0, 0.05) is 42.2 Å². The number of rotatable bonds is 2. The van der Waals surface area contributed by atoms with Crippen LogP contribution in [0.2, 0.25) is 0 Å². The third-order valence-electron chi connectivity index (χ3n) is 5.25. The van der Waals surface area contributed by atoms with Crippen LogP contribution >= 0.6 is 11.8 Å². The van der Waals surface area contributed by atoms with Gasteiger partial charge in [-0.1, -0.05) is 0 Å². The van der Waals surface area contributed by atoms with E-state index in [1.807, 2.05) is 0 Å². The van der Waals surface area contributed by atoms with E-state index in [2.05, 4.69) is 35.4 Å². The van der Waals surface area contributed by atoms with Crippen molar-refractivity contribution in [1.82, 2.24) is 9.80 Å². The molecule has 4 aliphatic rings. The fraction of sp³-hybridized carbons (Fsp3) is 1.00. The van der Waals surface area contributed by atoms with E-state index in [1.54, 1.807) is 0 Å². The second-order valence-electron chi connectivity index (χ2n) is 6.89. The van der Waals surface area contributed by atoms with E-state index in [-0.39, 0.29) is 5.54 Å². The Hall–Kier alpha value is 0.230. The molecule has 4 saturated heterocycles. The van der Waals surface area contributed by atoms with Gasteiger partial charge in [0.2, 0.25) is 0 Å². The lowest BCUT2D eigenvalue weighted by Gasteiger charge is -2.60. The Morgan fingerprint density at radius 3 is 2.39 bits per heavy atom. The Balaban J connectivity index is 1.83. The molecule has 2 N–H and O–H groups in total. The quantitative estimate of drug-likeness (QED) is 0.817. The van der Waals surface area contributed by atoms with E-state index in [0.29, 0.717) is 4.75 Å². The van der Waals surface area contributed by atoms with Crippen molar-refractivity contribution in [2.75, 3.05) is 45.0 Å². The summed E-state index contributed by atoms with van der Waals surface area (Å²) in [7, 11) is 0. The van der Waals surface area contributed by atoms with E-state index in [0.717, 1.165) is 12.5 Å². The van der Waals surface area contributed by atoms with E-state index in [1.165, 1.54) is 51.3 Å². The molecule has 0 saturated carbocycles. The van der Waals surface area contributed by atoms with E-state index < -0.39 is 0 Å². The largest absolute Gasteiger partial charge is 0.329 e. The van der Waals surface area contributed by atoms with Crippen LogP contribution in [0.15, 0.2) is 0 Å². The molecule has 0 aromatic rings. The number of hydrogen-bond acceptors (Lipinski definition) is 4. The number of thioether (sulfide) groups is 1. The molecule has 104 valence electrons. The van der Waals surface area contributed by atoms with Crippen LogP contribution in [0.5, 0.6) is 0 Å². The highest BCUT2D eigenvalue weighted by molar-refractivity contribution is 8.00. The zero-order chi connectivity index (χ0) is 12.8. The standard InChI is InChI=1S/C14H27N3S/c1-13(2)10-17(7-8-18-13)14(9-15)11-16-5-3-12(14)4-6-16/h12H,3-11,15H2,1-2H3. The molecule has 4 heterocycles. The minimum absolute atomic E-state index is 0.286. The SMILES string of the molecule is CC1(C)CN(C2(CN)CN3CCC2CC3)CCS1. The molecule has 3 nitrogen and oxygen atoms in total. The summed E-state index contributed by atoms with van der Waals surface area (Å²) in [6.45, 7) is 11.9. The van der Waals surface area contributed by atoms with E-state index in [9.17, 15) is 0 Å². The predicted octanol–water partition coefficient (Wildman–Crippen LogP) is 1.24. The normalized spacial score (nSPS) is 44.2. The van der Waals surface area contributed by atoms with Gasteiger partial charge in [0.05, 0.1) is 0 Å². The van der Waals surface area contributed by atoms with Crippen LogP contribution in [-0.2, 0) is 0 Å². The Kier molecular flexibility index (Phi) is 3.42. The highest BCUT2D eigenvalue weighted by Gasteiger charge is 2.50. The predicted molar refractivity (Wildman–Crippen MR) is 79.1 cm³/mol. The van der Waals surface area contributed by atoms with Gasteiger partial charge in [-0.2, -0.15) is 11.8 Å². The topological polar surface area (TPSA) is 32.5 Å². The highest BCUT2D eigenvalue weighted by Crippen LogP contribution is 2.42. The van der Waals surface area contributed by atoms with Crippen LogP contribution in [0.3, 0.4) is 0 Å². The summed E-state index contributed by atoms with van der Waals surface area (Å²) in [4.78, 5) is 5.39. The van der Waals surface area contributed by atoms with E-state index >= 15 is 0 Å². The van der Waals surface area contributed by atoms with Gasteiger partial charge in [-0.15, -0.1) is 0 Å². The minimum atomic E-state index is 0.286. The molecule has 4 rings (SSSR count). The summed E-state index contributed by atoms with van der Waals surface area (Å²) in [5.41, 5.74) is 6.56. The molecule has 0 spiro atoms. The smallest absolute Gasteiger partial charge is 0.0488 e. The van der Waals surface area contributed by atoms with Crippen LogP contribution < -0.4 is 5.73 Å². The van der Waals surface area contributed by atoms with Gasteiger partial charge in [0.15, 0.2) is 0 Å². The maximum absolute atomic E-state index is 6.27. The molecule has 2 bridgehead atoms. The molecule has 0 aromatic carbocycles. The molecule has 0 radical (unpaired) electrons. The van der Waals surface area contributed by atoms with Crippen LogP contribution in [0.1, 0.15) is 26.7 Å². The Labute approximate surface area is 115 Å². The zero-order valence-electron chi connectivity index (χ0n) is 11.8. The number of nitrogens with two attached hydrogens (primary N) is 1. The van der Waals surface area contributed by atoms with Gasteiger partial charge in [-0.25, -0.2) is 0 Å². The molecule has 0 aliphatic carbocycles. The second-order valence-corrected chi connectivity index (χ2v) is 8.69. The van der Waals surface area contributed by atoms with Crippen LogP contribution in [0.4, 0.5) is 0 Å². The van der Waals surface area contributed by atoms with Crippen molar-refractivity contribution >= 4 is 11.8 Å². The molecule has 4 aliphatic heterocycles. The number of nitrogens with zero attached hydrogens (tertiary/aromatic N) is 2. The van der Waals surface area contributed by atoms with Gasteiger partial charge in [0.25, 0.3) is 0 Å². The van der Waals surface area contributed by atoms with E-state index in [4.69, 9.17) is 5.73 Å². The monoisotopic (exact) mass is 269 g/mol. The summed E-state index contributed by atoms with van der Waals surface area (Å²) in [6, 6.07) is 0. The molecule has 0 amide bonds. The molecular weight excluding hydrogens is 242 g/mol. The maximum Gasteiger partial charge on any atom is 0.0488 e. The summed E-state index contributed by atoms with van der Waals surface area (Å²) in [6.07, 6.45) is 2.72. The van der Waals surface area contributed by atoms with Crippen LogP contribution in [0, 0.1) is 5.92 Å². The van der Waals surface area contributed by atoms with Crippen molar-refractivity contribution in [3.8, 4) is 0 Å². The van der Waals surface area contributed by atoms with Crippen molar-refractivity contribution in [3.05, 3.63) is 0 Å². The lowest BCUT2D eigenvalue weighted by atomic mass is 9.71. The maximum atomic E-state index is 6.27. The first kappa shape index (κ1) is 13.2. The lowest BCUT2D eigenvalue weighted by molar-refractivity contribution is -0.0686. The van der Waals surface area contributed by atoms with Crippen molar-refractivity contribution in [3.63, 3.8) is 0 Å². The first-order chi connectivity index (χ1) is 8.56. The molecule has 18 heavy (non-hydrogen) atoms. The van der Waals surface area contributed by atoms with Crippen molar-refractivity contribution < 1.29 is 0 Å². The summed E-state index contributed by atoms with van der Waals surface area (Å²) in [5, 5.41) is 0. The van der Waals surface area contributed by atoms with Crippen molar-refractivity contribution in [2.45, 2.75) is 37.0 Å². The fourth-order valence-electron chi connectivity index (χ4n) is 4.26. The Bertz CT molecular complexity index is 312. The fourth-order valence-corrected chi connectivity index (χ4v) is 5.37. The van der Waals surface area contributed by atoms with Gasteiger partial charge >= 0.3 is 0 Å². The highest BCUT2D eigenvalue weighted by atomic mass is 32.2. The molecular formula is C14H27N3S. The molecule has 4 fully saturated rings. The average molecular weight is 269 g/mol. The van der Waals surface area contributed by atoms with Crippen LogP contribution in [0.25, 0.3) is 0 Å². The number of fused-ring (bicyclic) bond motifs is 3. The molecule has 1 unspecified atom stereocenters. The second kappa shape index (κ2) is 4.65. The van der Waals surface area contributed by atoms with Gasteiger partial charge in [-0.3, -0.25) is 4.90 Å². The summed E-state index contributed by atoms with van der Waals surface area (Å²) >= 11 is 2.12. The summed E-state index contributed by atoms with van der Waals surface area (Å²) < 4.78 is 0.395. The lowest BCUT2D eigenvalue weighted by Crippen LogP contribution is -2.72. The number of piperidine rings is 3. The molecule has 4 heteroatoms. The molecule has 1 atom stereocenters. The van der Waals surface area contributed by atoms with Crippen LogP contribution in [-0.4, -0.2) is 65.1 Å². The van der Waals surface area contributed by atoms with Gasteiger partial charge in [0.1, 0.15) is 0 Å². The Morgan fingerprint density at radius 2 is 1.89 bits per heavy atom. The van der Waals surface area contributed by atoms with Crippen molar-refractivity contribution in [2.24, 2.45) is 11.7 Å². The number of hydrogen-bond donors (Lipinski definition) is 1. The minimum Gasteiger partial charge on any atom is -0.329 e. The Morgan fingerprint density at radius 1 is 1.17 bits per heavy atom. The molecule has 0 aromatic heterocycles. The first-order valence-corrected chi connectivity index (χ1v) is 8.36. The first-order valence-electron chi connectivity index (χ1n) is 7.37. The third kappa shape index (κ3) is 2.11. The van der Waals surface area contributed by atoms with Gasteiger partial charge in [-0.05, 0) is 45.7 Å². The van der Waals surface area contributed by atoms with Crippen molar-refractivity contribution in [1.29, 1.82) is 0 Å². The third-order valence-corrected chi connectivity index (χ3v) is 6.55. The average Bonchev–Trinajstić information content (AvgIpc) is 2.38.